The van der Waals surface area contributed by atoms with E-state index >= 15 is 0 Å². The SMILES string of the molecule is CCc1ccc(F)c2c1OCCO2. The Morgan fingerprint density at radius 1 is 1.23 bits per heavy atom. The summed E-state index contributed by atoms with van der Waals surface area (Å²) in [6, 6.07) is 3.16. The largest absolute Gasteiger partial charge is 0.486 e. The fourth-order valence-electron chi connectivity index (χ4n) is 1.44. The molecule has 0 aromatic heterocycles. The molecule has 0 N–H and O–H groups in total. The number of aryl methyl sites for hydroxylation is 1. The van der Waals surface area contributed by atoms with E-state index in [9.17, 15) is 4.39 Å². The molecule has 13 heavy (non-hydrogen) atoms. The number of fused-ring (bicyclic) bond motifs is 1. The van der Waals surface area contributed by atoms with Crippen molar-refractivity contribution in [2.75, 3.05) is 13.2 Å². The van der Waals surface area contributed by atoms with E-state index in [0.717, 1.165) is 12.0 Å². The molecule has 0 amide bonds. The first kappa shape index (κ1) is 8.35. The Morgan fingerprint density at radius 2 is 1.92 bits per heavy atom. The average molecular weight is 182 g/mol. The number of halogens is 1. The van der Waals surface area contributed by atoms with Gasteiger partial charge in [0.1, 0.15) is 13.2 Å². The highest BCUT2D eigenvalue weighted by atomic mass is 19.1. The van der Waals surface area contributed by atoms with Gasteiger partial charge in [-0.3, -0.25) is 0 Å². The van der Waals surface area contributed by atoms with Crippen LogP contribution in [0.2, 0.25) is 0 Å². The number of hydrogen-bond acceptors (Lipinski definition) is 2. The highest BCUT2D eigenvalue weighted by Gasteiger charge is 2.18. The molecule has 0 saturated heterocycles. The molecule has 3 heteroatoms. The summed E-state index contributed by atoms with van der Waals surface area (Å²) >= 11 is 0. The van der Waals surface area contributed by atoms with Crippen LogP contribution in [0.4, 0.5) is 4.39 Å². The number of rotatable bonds is 1. The molecule has 2 rings (SSSR count). The predicted molar refractivity (Wildman–Crippen MR) is 46.8 cm³/mol. The van der Waals surface area contributed by atoms with Gasteiger partial charge >= 0.3 is 0 Å². The molecule has 0 spiro atoms. The van der Waals surface area contributed by atoms with Crippen molar-refractivity contribution in [2.45, 2.75) is 13.3 Å². The minimum Gasteiger partial charge on any atom is -0.486 e. The van der Waals surface area contributed by atoms with Crippen LogP contribution in [0.5, 0.6) is 11.5 Å². The molecule has 0 bridgehead atoms. The Morgan fingerprint density at radius 3 is 2.62 bits per heavy atom. The van der Waals surface area contributed by atoms with Crippen LogP contribution in [0.1, 0.15) is 12.5 Å². The van der Waals surface area contributed by atoms with Gasteiger partial charge in [-0.15, -0.1) is 0 Å². The van der Waals surface area contributed by atoms with Crippen LogP contribution < -0.4 is 9.47 Å². The van der Waals surface area contributed by atoms with Gasteiger partial charge in [-0.05, 0) is 18.1 Å². The minimum atomic E-state index is -0.341. The van der Waals surface area contributed by atoms with Crippen molar-refractivity contribution in [3.05, 3.63) is 23.5 Å². The monoisotopic (exact) mass is 182 g/mol. The van der Waals surface area contributed by atoms with Crippen molar-refractivity contribution in [3.8, 4) is 11.5 Å². The lowest BCUT2D eigenvalue weighted by Crippen LogP contribution is -2.17. The normalized spacial score (nSPS) is 14.3. The van der Waals surface area contributed by atoms with Crippen LogP contribution in [-0.4, -0.2) is 13.2 Å². The van der Waals surface area contributed by atoms with E-state index in [-0.39, 0.29) is 11.6 Å². The van der Waals surface area contributed by atoms with Crippen molar-refractivity contribution >= 4 is 0 Å². The van der Waals surface area contributed by atoms with Crippen molar-refractivity contribution in [3.63, 3.8) is 0 Å². The van der Waals surface area contributed by atoms with E-state index in [4.69, 9.17) is 9.47 Å². The summed E-state index contributed by atoms with van der Waals surface area (Å²) in [6.45, 7) is 2.94. The summed E-state index contributed by atoms with van der Waals surface area (Å²) in [7, 11) is 0. The third-order valence-corrected chi connectivity index (χ3v) is 2.10. The van der Waals surface area contributed by atoms with E-state index in [2.05, 4.69) is 0 Å². The molecule has 1 aliphatic rings. The van der Waals surface area contributed by atoms with Crippen LogP contribution in [0.15, 0.2) is 12.1 Å². The quantitative estimate of drug-likeness (QED) is 0.662. The molecule has 0 aliphatic carbocycles. The zero-order chi connectivity index (χ0) is 9.26. The lowest BCUT2D eigenvalue weighted by Gasteiger charge is -2.20. The topological polar surface area (TPSA) is 18.5 Å². The first-order valence-corrected chi connectivity index (χ1v) is 4.40. The zero-order valence-electron chi connectivity index (χ0n) is 7.47. The fourth-order valence-corrected chi connectivity index (χ4v) is 1.44. The van der Waals surface area contributed by atoms with Crippen LogP contribution in [0.3, 0.4) is 0 Å². The highest BCUT2D eigenvalue weighted by Crippen LogP contribution is 2.36. The van der Waals surface area contributed by atoms with Gasteiger partial charge in [-0.1, -0.05) is 13.0 Å². The second-order valence-corrected chi connectivity index (χ2v) is 2.92. The van der Waals surface area contributed by atoms with E-state index in [1.54, 1.807) is 6.07 Å². The van der Waals surface area contributed by atoms with Gasteiger partial charge in [-0.25, -0.2) is 4.39 Å². The van der Waals surface area contributed by atoms with Crippen LogP contribution in [0.25, 0.3) is 0 Å². The summed E-state index contributed by atoms with van der Waals surface area (Å²) in [6.07, 6.45) is 0.825. The van der Waals surface area contributed by atoms with Gasteiger partial charge in [0, 0.05) is 0 Å². The Labute approximate surface area is 76.3 Å². The summed E-state index contributed by atoms with van der Waals surface area (Å²) in [5.41, 5.74) is 0.996. The Balaban J connectivity index is 2.52. The summed E-state index contributed by atoms with van der Waals surface area (Å²) in [5.74, 6) is 0.506. The van der Waals surface area contributed by atoms with Crippen molar-refractivity contribution in [1.82, 2.24) is 0 Å². The van der Waals surface area contributed by atoms with E-state index in [1.165, 1.54) is 6.07 Å². The Hall–Kier alpha value is -1.25. The standard InChI is InChI=1S/C10H11FO2/c1-2-7-3-4-8(11)10-9(7)12-5-6-13-10/h3-4H,2,5-6H2,1H3. The maximum atomic E-state index is 13.2. The summed E-state index contributed by atoms with van der Waals surface area (Å²) in [5, 5.41) is 0. The Kier molecular flexibility index (Phi) is 2.08. The summed E-state index contributed by atoms with van der Waals surface area (Å²) < 4.78 is 23.7. The number of hydrogen-bond donors (Lipinski definition) is 0. The molecular weight excluding hydrogens is 171 g/mol. The molecular formula is C10H11FO2. The molecule has 0 atom stereocenters. The molecule has 1 aromatic rings. The maximum absolute atomic E-state index is 13.2. The lowest BCUT2D eigenvalue weighted by atomic mass is 10.1. The minimum absolute atomic E-state index is 0.269. The van der Waals surface area contributed by atoms with Crippen molar-refractivity contribution < 1.29 is 13.9 Å². The average Bonchev–Trinajstić information content (AvgIpc) is 2.19. The van der Waals surface area contributed by atoms with E-state index < -0.39 is 0 Å². The second-order valence-electron chi connectivity index (χ2n) is 2.92. The maximum Gasteiger partial charge on any atom is 0.197 e. The first-order valence-electron chi connectivity index (χ1n) is 4.40. The third-order valence-electron chi connectivity index (χ3n) is 2.10. The van der Waals surface area contributed by atoms with Crippen LogP contribution in [0, 0.1) is 5.82 Å². The van der Waals surface area contributed by atoms with Gasteiger partial charge in [0.2, 0.25) is 0 Å². The molecule has 1 aliphatic heterocycles. The predicted octanol–water partition coefficient (Wildman–Crippen LogP) is 2.16. The molecule has 0 saturated carbocycles. The smallest absolute Gasteiger partial charge is 0.197 e. The number of ether oxygens (including phenoxy) is 2. The van der Waals surface area contributed by atoms with Gasteiger partial charge < -0.3 is 9.47 Å². The molecule has 2 nitrogen and oxygen atoms in total. The lowest BCUT2D eigenvalue weighted by molar-refractivity contribution is 0.163. The first-order chi connectivity index (χ1) is 6.33. The van der Waals surface area contributed by atoms with E-state index in [0.29, 0.717) is 19.0 Å². The van der Waals surface area contributed by atoms with Gasteiger partial charge in [0.05, 0.1) is 0 Å². The molecule has 1 aromatic carbocycles. The third kappa shape index (κ3) is 1.34. The van der Waals surface area contributed by atoms with Crippen molar-refractivity contribution in [2.24, 2.45) is 0 Å². The zero-order valence-corrected chi connectivity index (χ0v) is 7.47. The Bertz CT molecular complexity index is 323. The van der Waals surface area contributed by atoms with Gasteiger partial charge in [0.25, 0.3) is 0 Å². The molecule has 70 valence electrons. The molecule has 0 radical (unpaired) electrons. The molecule has 0 fully saturated rings. The van der Waals surface area contributed by atoms with Crippen LogP contribution >= 0.6 is 0 Å². The van der Waals surface area contributed by atoms with Gasteiger partial charge in [0.15, 0.2) is 17.3 Å². The highest BCUT2D eigenvalue weighted by molar-refractivity contribution is 5.48. The second kappa shape index (κ2) is 3.24. The van der Waals surface area contributed by atoms with Crippen LogP contribution in [-0.2, 0) is 6.42 Å². The molecule has 1 heterocycles. The molecule has 0 unspecified atom stereocenters. The summed E-state index contributed by atoms with van der Waals surface area (Å²) in [4.78, 5) is 0. The number of benzene rings is 1. The van der Waals surface area contributed by atoms with E-state index in [1.807, 2.05) is 6.92 Å². The van der Waals surface area contributed by atoms with Gasteiger partial charge in [-0.2, -0.15) is 0 Å². The van der Waals surface area contributed by atoms with Crippen molar-refractivity contribution in [1.29, 1.82) is 0 Å². The fraction of sp³-hybridized carbons (Fsp3) is 0.400.